The highest BCUT2D eigenvalue weighted by Crippen LogP contribution is 2.28. The van der Waals surface area contributed by atoms with Crippen LogP contribution in [0.25, 0.3) is 0 Å². The summed E-state index contributed by atoms with van der Waals surface area (Å²) < 4.78 is 26.5. The molecule has 116 valence electrons. The van der Waals surface area contributed by atoms with Gasteiger partial charge in [0, 0.05) is 39.3 Å². The molecule has 0 spiro atoms. The number of nitrogens with zero attached hydrogens (tertiary/aromatic N) is 3. The standard InChI is InChI=1S/C12H18N4O4S/c1-13-11-9-10(3-4-12(11)16(17)18)21(19,20)15-7-5-14(2)6-8-15/h3-4,9,13H,5-8H2,1-2H3. The summed E-state index contributed by atoms with van der Waals surface area (Å²) in [6, 6.07) is 3.81. The first-order chi connectivity index (χ1) is 9.86. The second kappa shape index (κ2) is 5.96. The molecule has 0 bridgehead atoms. The molecule has 8 nitrogen and oxygen atoms in total. The van der Waals surface area contributed by atoms with E-state index in [1.54, 1.807) is 0 Å². The molecule has 2 rings (SSSR count). The van der Waals surface area contributed by atoms with E-state index in [2.05, 4.69) is 10.2 Å². The Morgan fingerprint density at radius 1 is 1.24 bits per heavy atom. The first kappa shape index (κ1) is 15.7. The number of hydrogen-bond acceptors (Lipinski definition) is 6. The molecule has 0 atom stereocenters. The zero-order valence-corrected chi connectivity index (χ0v) is 12.8. The zero-order chi connectivity index (χ0) is 15.6. The summed E-state index contributed by atoms with van der Waals surface area (Å²) in [5.74, 6) is 0. The van der Waals surface area contributed by atoms with Crippen molar-refractivity contribution in [3.8, 4) is 0 Å². The lowest BCUT2D eigenvalue weighted by molar-refractivity contribution is -0.384. The fourth-order valence-electron chi connectivity index (χ4n) is 2.21. The van der Waals surface area contributed by atoms with Crippen LogP contribution in [0.4, 0.5) is 11.4 Å². The molecule has 0 radical (unpaired) electrons. The lowest BCUT2D eigenvalue weighted by Crippen LogP contribution is -2.47. The average molecular weight is 314 g/mol. The molecule has 0 aliphatic carbocycles. The van der Waals surface area contributed by atoms with Crippen LogP contribution in [0.1, 0.15) is 0 Å². The van der Waals surface area contributed by atoms with E-state index < -0.39 is 14.9 Å². The number of piperazine rings is 1. The van der Waals surface area contributed by atoms with Gasteiger partial charge in [-0.2, -0.15) is 4.31 Å². The van der Waals surface area contributed by atoms with Crippen molar-refractivity contribution >= 4 is 21.4 Å². The van der Waals surface area contributed by atoms with Crippen molar-refractivity contribution in [2.45, 2.75) is 4.90 Å². The molecular formula is C12H18N4O4S. The molecule has 1 aromatic carbocycles. The van der Waals surface area contributed by atoms with E-state index in [1.165, 1.54) is 29.6 Å². The molecule has 0 unspecified atom stereocenters. The molecule has 1 aliphatic rings. The van der Waals surface area contributed by atoms with Gasteiger partial charge in [0.25, 0.3) is 5.69 Å². The van der Waals surface area contributed by atoms with Crippen molar-refractivity contribution in [1.29, 1.82) is 0 Å². The van der Waals surface area contributed by atoms with Crippen molar-refractivity contribution in [3.63, 3.8) is 0 Å². The molecule has 1 fully saturated rings. The molecule has 1 heterocycles. The van der Waals surface area contributed by atoms with Gasteiger partial charge in [0.15, 0.2) is 0 Å². The third-order valence-corrected chi connectivity index (χ3v) is 5.43. The van der Waals surface area contributed by atoms with Gasteiger partial charge in [-0.1, -0.05) is 0 Å². The smallest absolute Gasteiger partial charge is 0.292 e. The molecule has 9 heteroatoms. The van der Waals surface area contributed by atoms with Crippen LogP contribution in [0.2, 0.25) is 0 Å². The van der Waals surface area contributed by atoms with Crippen LogP contribution in [0.3, 0.4) is 0 Å². The first-order valence-electron chi connectivity index (χ1n) is 6.51. The van der Waals surface area contributed by atoms with Gasteiger partial charge in [-0.25, -0.2) is 8.42 Å². The number of rotatable bonds is 4. The van der Waals surface area contributed by atoms with Crippen LogP contribution < -0.4 is 5.32 Å². The third-order valence-electron chi connectivity index (χ3n) is 3.53. The van der Waals surface area contributed by atoms with Crippen molar-refractivity contribution in [2.24, 2.45) is 0 Å². The molecule has 0 aromatic heterocycles. The van der Waals surface area contributed by atoms with Crippen LogP contribution >= 0.6 is 0 Å². The summed E-state index contributed by atoms with van der Waals surface area (Å²) >= 11 is 0. The summed E-state index contributed by atoms with van der Waals surface area (Å²) in [5, 5.41) is 13.5. The molecular weight excluding hydrogens is 296 g/mol. The van der Waals surface area contributed by atoms with E-state index in [9.17, 15) is 18.5 Å². The number of sulfonamides is 1. The molecule has 1 aliphatic heterocycles. The van der Waals surface area contributed by atoms with E-state index in [4.69, 9.17) is 0 Å². The third kappa shape index (κ3) is 3.14. The minimum Gasteiger partial charge on any atom is -0.383 e. The highest BCUT2D eigenvalue weighted by molar-refractivity contribution is 7.89. The van der Waals surface area contributed by atoms with Gasteiger partial charge in [0.2, 0.25) is 10.0 Å². The Bertz CT molecular complexity index is 639. The quantitative estimate of drug-likeness (QED) is 0.645. The number of nitrogens with one attached hydrogen (secondary N) is 1. The van der Waals surface area contributed by atoms with Gasteiger partial charge in [-0.15, -0.1) is 0 Å². The summed E-state index contributed by atoms with van der Waals surface area (Å²) in [4.78, 5) is 12.5. The van der Waals surface area contributed by atoms with Crippen LogP contribution in [0.15, 0.2) is 23.1 Å². The van der Waals surface area contributed by atoms with Gasteiger partial charge in [-0.3, -0.25) is 10.1 Å². The second-order valence-corrected chi connectivity index (χ2v) is 6.83. The van der Waals surface area contributed by atoms with Crippen LogP contribution in [0, 0.1) is 10.1 Å². The highest BCUT2D eigenvalue weighted by Gasteiger charge is 2.28. The molecule has 0 saturated carbocycles. The van der Waals surface area contributed by atoms with E-state index in [-0.39, 0.29) is 16.3 Å². The van der Waals surface area contributed by atoms with E-state index >= 15 is 0 Å². The van der Waals surface area contributed by atoms with Crippen molar-refractivity contribution < 1.29 is 13.3 Å². The molecule has 21 heavy (non-hydrogen) atoms. The molecule has 1 N–H and O–H groups in total. The Kier molecular flexibility index (Phi) is 4.45. The first-order valence-corrected chi connectivity index (χ1v) is 7.95. The lowest BCUT2D eigenvalue weighted by atomic mass is 10.3. The maximum atomic E-state index is 12.6. The number of nitro benzene ring substituents is 1. The monoisotopic (exact) mass is 314 g/mol. The number of anilines is 1. The average Bonchev–Trinajstić information content (AvgIpc) is 2.46. The Balaban J connectivity index is 2.34. The maximum Gasteiger partial charge on any atom is 0.292 e. The zero-order valence-electron chi connectivity index (χ0n) is 11.9. The van der Waals surface area contributed by atoms with Gasteiger partial charge in [0.1, 0.15) is 5.69 Å². The predicted octanol–water partition coefficient (Wildman–Crippen LogP) is 0.573. The van der Waals surface area contributed by atoms with Gasteiger partial charge in [-0.05, 0) is 19.2 Å². The topological polar surface area (TPSA) is 95.8 Å². The van der Waals surface area contributed by atoms with Crippen LogP contribution in [0.5, 0.6) is 0 Å². The Morgan fingerprint density at radius 2 is 1.86 bits per heavy atom. The van der Waals surface area contributed by atoms with Gasteiger partial charge >= 0.3 is 0 Å². The predicted molar refractivity (Wildman–Crippen MR) is 78.9 cm³/mol. The minimum atomic E-state index is -3.62. The fourth-order valence-corrected chi connectivity index (χ4v) is 3.66. The number of likely N-dealkylation sites (N-methyl/N-ethyl adjacent to an activating group) is 1. The summed E-state index contributed by atoms with van der Waals surface area (Å²) in [6.45, 7) is 2.19. The highest BCUT2D eigenvalue weighted by atomic mass is 32.2. The Morgan fingerprint density at radius 3 is 2.38 bits per heavy atom. The summed E-state index contributed by atoms with van der Waals surface area (Å²) in [7, 11) is -0.155. The minimum absolute atomic E-state index is 0.0713. The normalized spacial score (nSPS) is 17.6. The number of hydrogen-bond donors (Lipinski definition) is 1. The van der Waals surface area contributed by atoms with E-state index in [0.29, 0.717) is 26.2 Å². The number of benzene rings is 1. The molecule has 0 amide bonds. The maximum absolute atomic E-state index is 12.6. The summed E-state index contributed by atoms with van der Waals surface area (Å²) in [5.41, 5.74) is 0.0463. The van der Waals surface area contributed by atoms with Gasteiger partial charge < -0.3 is 10.2 Å². The van der Waals surface area contributed by atoms with Crippen LogP contribution in [-0.2, 0) is 10.0 Å². The van der Waals surface area contributed by atoms with E-state index in [1.807, 2.05) is 7.05 Å². The Labute approximate surface area is 123 Å². The Hall–Kier alpha value is -1.71. The summed E-state index contributed by atoms with van der Waals surface area (Å²) in [6.07, 6.45) is 0. The van der Waals surface area contributed by atoms with Crippen LogP contribution in [-0.4, -0.2) is 62.8 Å². The molecule has 1 saturated heterocycles. The van der Waals surface area contributed by atoms with Crippen molar-refractivity contribution in [1.82, 2.24) is 9.21 Å². The molecule has 1 aromatic rings. The van der Waals surface area contributed by atoms with Crippen molar-refractivity contribution in [3.05, 3.63) is 28.3 Å². The number of nitro groups is 1. The SMILES string of the molecule is CNc1cc(S(=O)(=O)N2CCN(C)CC2)ccc1[N+](=O)[O-]. The second-order valence-electron chi connectivity index (χ2n) is 4.89. The van der Waals surface area contributed by atoms with Gasteiger partial charge in [0.05, 0.1) is 9.82 Å². The lowest BCUT2D eigenvalue weighted by Gasteiger charge is -2.31. The fraction of sp³-hybridized carbons (Fsp3) is 0.500. The van der Waals surface area contributed by atoms with E-state index in [0.717, 1.165) is 0 Å². The van der Waals surface area contributed by atoms with Crippen molar-refractivity contribution in [2.75, 3.05) is 45.6 Å². The largest absolute Gasteiger partial charge is 0.383 e.